The van der Waals surface area contributed by atoms with Crippen molar-refractivity contribution < 1.29 is 9.53 Å². The van der Waals surface area contributed by atoms with Crippen LogP contribution in [0, 0.1) is 0 Å². The standard InChI is InChI=1S/C10H9BrN2O2/c1-13-5-6-3-8(11)7(10(14)15-2)4-9(6)12-13/h3-5H,1-2H3. The number of hydrogen-bond acceptors (Lipinski definition) is 3. The third-order valence-electron chi connectivity index (χ3n) is 2.11. The molecule has 0 N–H and O–H groups in total. The normalized spacial score (nSPS) is 10.6. The average Bonchev–Trinajstić information content (AvgIpc) is 2.55. The lowest BCUT2D eigenvalue weighted by Gasteiger charge is -2.01. The first kappa shape index (κ1) is 10.2. The number of carbonyl (C=O) groups excluding carboxylic acids is 1. The van der Waals surface area contributed by atoms with E-state index in [0.29, 0.717) is 5.56 Å². The first-order chi connectivity index (χ1) is 7.11. The molecule has 0 saturated carbocycles. The first-order valence-electron chi connectivity index (χ1n) is 4.33. The minimum atomic E-state index is -0.366. The fourth-order valence-corrected chi connectivity index (χ4v) is 1.96. The molecular formula is C10H9BrN2O2. The van der Waals surface area contributed by atoms with Crippen molar-refractivity contribution in [2.24, 2.45) is 7.05 Å². The van der Waals surface area contributed by atoms with Crippen LogP contribution in [0.4, 0.5) is 0 Å². The van der Waals surface area contributed by atoms with E-state index in [1.165, 1.54) is 7.11 Å². The van der Waals surface area contributed by atoms with Gasteiger partial charge in [0.2, 0.25) is 0 Å². The molecule has 0 bridgehead atoms. The van der Waals surface area contributed by atoms with E-state index in [1.54, 1.807) is 10.7 Å². The average molecular weight is 269 g/mol. The molecule has 0 aliphatic heterocycles. The summed E-state index contributed by atoms with van der Waals surface area (Å²) in [5.41, 5.74) is 1.27. The van der Waals surface area contributed by atoms with Crippen molar-refractivity contribution >= 4 is 32.8 Å². The molecular weight excluding hydrogens is 260 g/mol. The third kappa shape index (κ3) is 1.74. The molecule has 15 heavy (non-hydrogen) atoms. The minimum absolute atomic E-state index is 0.366. The van der Waals surface area contributed by atoms with Crippen molar-refractivity contribution in [2.45, 2.75) is 0 Å². The van der Waals surface area contributed by atoms with Gasteiger partial charge in [-0.1, -0.05) is 0 Å². The molecule has 0 fully saturated rings. The Morgan fingerprint density at radius 1 is 1.53 bits per heavy atom. The highest BCUT2D eigenvalue weighted by Crippen LogP contribution is 2.24. The highest BCUT2D eigenvalue weighted by atomic mass is 79.9. The summed E-state index contributed by atoms with van der Waals surface area (Å²) in [4.78, 5) is 11.4. The topological polar surface area (TPSA) is 44.1 Å². The minimum Gasteiger partial charge on any atom is -0.465 e. The fraction of sp³-hybridized carbons (Fsp3) is 0.200. The van der Waals surface area contributed by atoms with E-state index < -0.39 is 0 Å². The molecule has 0 aliphatic carbocycles. The highest BCUT2D eigenvalue weighted by molar-refractivity contribution is 9.10. The van der Waals surface area contributed by atoms with E-state index >= 15 is 0 Å². The second-order valence-corrected chi connectivity index (χ2v) is 4.04. The van der Waals surface area contributed by atoms with Crippen molar-refractivity contribution in [2.75, 3.05) is 7.11 Å². The fourth-order valence-electron chi connectivity index (χ4n) is 1.43. The third-order valence-corrected chi connectivity index (χ3v) is 2.77. The van der Waals surface area contributed by atoms with E-state index in [0.717, 1.165) is 15.4 Å². The molecule has 4 nitrogen and oxygen atoms in total. The lowest BCUT2D eigenvalue weighted by molar-refractivity contribution is 0.0600. The number of hydrogen-bond donors (Lipinski definition) is 0. The van der Waals surface area contributed by atoms with E-state index in [9.17, 15) is 4.79 Å². The van der Waals surface area contributed by atoms with Crippen LogP contribution in [0.15, 0.2) is 22.8 Å². The van der Waals surface area contributed by atoms with Gasteiger partial charge in [0, 0.05) is 23.1 Å². The smallest absolute Gasteiger partial charge is 0.339 e. The zero-order chi connectivity index (χ0) is 11.0. The predicted molar refractivity (Wildman–Crippen MR) is 59.8 cm³/mol. The van der Waals surface area contributed by atoms with Gasteiger partial charge in [-0.3, -0.25) is 4.68 Å². The first-order valence-corrected chi connectivity index (χ1v) is 5.12. The van der Waals surface area contributed by atoms with E-state index in [-0.39, 0.29) is 5.97 Å². The van der Waals surface area contributed by atoms with Crippen LogP contribution in [0.5, 0.6) is 0 Å². The number of rotatable bonds is 1. The van der Waals surface area contributed by atoms with Crippen LogP contribution in [0.3, 0.4) is 0 Å². The number of carbonyl (C=O) groups is 1. The molecule has 0 unspecified atom stereocenters. The number of esters is 1. The summed E-state index contributed by atoms with van der Waals surface area (Å²) >= 11 is 3.33. The second-order valence-electron chi connectivity index (χ2n) is 3.19. The van der Waals surface area contributed by atoms with E-state index in [4.69, 9.17) is 0 Å². The Hall–Kier alpha value is -1.36. The van der Waals surface area contributed by atoms with Gasteiger partial charge in [0.25, 0.3) is 0 Å². The number of aryl methyl sites for hydroxylation is 1. The molecule has 0 radical (unpaired) electrons. The molecule has 0 saturated heterocycles. The van der Waals surface area contributed by atoms with Gasteiger partial charge in [-0.15, -0.1) is 0 Å². The highest BCUT2D eigenvalue weighted by Gasteiger charge is 2.12. The summed E-state index contributed by atoms with van der Waals surface area (Å²) in [6, 6.07) is 3.57. The summed E-state index contributed by atoms with van der Waals surface area (Å²) in [6.45, 7) is 0. The quantitative estimate of drug-likeness (QED) is 0.745. The maximum absolute atomic E-state index is 11.4. The lowest BCUT2D eigenvalue weighted by Crippen LogP contribution is -2.01. The van der Waals surface area contributed by atoms with Gasteiger partial charge in [-0.25, -0.2) is 4.79 Å². The van der Waals surface area contributed by atoms with Gasteiger partial charge in [0.15, 0.2) is 0 Å². The monoisotopic (exact) mass is 268 g/mol. The van der Waals surface area contributed by atoms with Gasteiger partial charge in [0.1, 0.15) is 0 Å². The zero-order valence-electron chi connectivity index (χ0n) is 8.32. The SMILES string of the molecule is COC(=O)c1cc2nn(C)cc2cc1Br. The Bertz CT molecular complexity index is 533. The molecule has 1 heterocycles. The summed E-state index contributed by atoms with van der Waals surface area (Å²) in [7, 11) is 3.20. The van der Waals surface area contributed by atoms with E-state index in [1.807, 2.05) is 19.3 Å². The van der Waals surface area contributed by atoms with Crippen LogP contribution in [0.25, 0.3) is 10.9 Å². The van der Waals surface area contributed by atoms with Gasteiger partial charge in [-0.05, 0) is 28.1 Å². The number of ether oxygens (including phenoxy) is 1. The van der Waals surface area contributed by atoms with E-state index in [2.05, 4.69) is 25.8 Å². The van der Waals surface area contributed by atoms with Gasteiger partial charge < -0.3 is 4.74 Å². The molecule has 0 aliphatic rings. The van der Waals surface area contributed by atoms with Crippen LogP contribution in [0.2, 0.25) is 0 Å². The predicted octanol–water partition coefficient (Wildman–Crippen LogP) is 2.12. The van der Waals surface area contributed by atoms with Crippen molar-refractivity contribution in [3.8, 4) is 0 Å². The Labute approximate surface area is 95.0 Å². The largest absolute Gasteiger partial charge is 0.465 e. The Morgan fingerprint density at radius 3 is 2.93 bits per heavy atom. The molecule has 1 aromatic carbocycles. The van der Waals surface area contributed by atoms with Crippen LogP contribution < -0.4 is 0 Å². The van der Waals surface area contributed by atoms with Crippen molar-refractivity contribution in [1.29, 1.82) is 0 Å². The molecule has 0 atom stereocenters. The van der Waals surface area contributed by atoms with Crippen molar-refractivity contribution in [3.63, 3.8) is 0 Å². The van der Waals surface area contributed by atoms with Crippen molar-refractivity contribution in [1.82, 2.24) is 9.78 Å². The molecule has 1 aromatic heterocycles. The maximum Gasteiger partial charge on any atom is 0.339 e. The molecule has 2 aromatic rings. The Kier molecular flexibility index (Phi) is 2.48. The molecule has 0 spiro atoms. The lowest BCUT2D eigenvalue weighted by atomic mass is 10.2. The summed E-state index contributed by atoms with van der Waals surface area (Å²) < 4.78 is 7.09. The number of fused-ring (bicyclic) bond motifs is 1. The second kappa shape index (κ2) is 3.66. The number of halogens is 1. The Balaban J connectivity index is 2.66. The summed E-state index contributed by atoms with van der Waals surface area (Å²) in [5, 5.41) is 5.20. The Morgan fingerprint density at radius 2 is 2.27 bits per heavy atom. The number of benzene rings is 1. The molecule has 0 amide bonds. The number of nitrogens with zero attached hydrogens (tertiary/aromatic N) is 2. The van der Waals surface area contributed by atoms with Gasteiger partial charge in [0.05, 0.1) is 18.2 Å². The van der Waals surface area contributed by atoms with Crippen LogP contribution >= 0.6 is 15.9 Å². The molecule has 78 valence electrons. The maximum atomic E-state index is 11.4. The zero-order valence-corrected chi connectivity index (χ0v) is 9.91. The summed E-state index contributed by atoms with van der Waals surface area (Å²) in [5.74, 6) is -0.366. The molecule has 2 rings (SSSR count). The number of aromatic nitrogens is 2. The van der Waals surface area contributed by atoms with Gasteiger partial charge in [-0.2, -0.15) is 5.10 Å². The van der Waals surface area contributed by atoms with Gasteiger partial charge >= 0.3 is 5.97 Å². The molecule has 5 heteroatoms. The van der Waals surface area contributed by atoms with Crippen LogP contribution in [-0.4, -0.2) is 22.9 Å². The van der Waals surface area contributed by atoms with Crippen molar-refractivity contribution in [3.05, 3.63) is 28.4 Å². The number of methoxy groups -OCH3 is 1. The summed E-state index contributed by atoms with van der Waals surface area (Å²) in [6.07, 6.45) is 1.89. The van der Waals surface area contributed by atoms with Crippen LogP contribution in [0.1, 0.15) is 10.4 Å². The van der Waals surface area contributed by atoms with Crippen LogP contribution in [-0.2, 0) is 11.8 Å².